The number of phenolic OH excluding ortho intramolecular Hbond substituents is 1. The second-order valence-corrected chi connectivity index (χ2v) is 4.10. The van der Waals surface area contributed by atoms with E-state index in [0.717, 1.165) is 12.5 Å². The first-order chi connectivity index (χ1) is 6.81. The number of aromatic hydroxyl groups is 1. The molecule has 1 aromatic carbocycles. The van der Waals surface area contributed by atoms with E-state index in [4.69, 9.17) is 0 Å². The fraction of sp³-hybridized carbons (Fsp3) is 0.500. The van der Waals surface area contributed by atoms with E-state index in [-0.39, 0.29) is 0 Å². The largest absolute Gasteiger partial charge is 0.508 e. The Balaban J connectivity index is 2.16. The van der Waals surface area contributed by atoms with Gasteiger partial charge in [-0.05, 0) is 49.4 Å². The number of rotatable bonds is 4. The molecule has 0 spiro atoms. The molecular formula is C12H17NO. The average molecular weight is 191 g/mol. The topological polar surface area (TPSA) is 32.3 Å². The zero-order valence-corrected chi connectivity index (χ0v) is 8.53. The van der Waals surface area contributed by atoms with Crippen molar-refractivity contribution in [2.45, 2.75) is 18.8 Å². The minimum absolute atomic E-state index is 0.379. The minimum Gasteiger partial charge on any atom is -0.508 e. The summed E-state index contributed by atoms with van der Waals surface area (Å²) in [5.41, 5.74) is 1.27. The van der Waals surface area contributed by atoms with E-state index >= 15 is 0 Å². The maximum absolute atomic E-state index is 9.41. The van der Waals surface area contributed by atoms with E-state index in [1.807, 2.05) is 19.2 Å². The molecule has 0 bridgehead atoms. The molecule has 2 nitrogen and oxygen atoms in total. The molecular weight excluding hydrogens is 174 g/mol. The summed E-state index contributed by atoms with van der Waals surface area (Å²) in [5.74, 6) is 1.78. The molecule has 1 aliphatic carbocycles. The summed E-state index contributed by atoms with van der Waals surface area (Å²) in [6.45, 7) is 1.01. The summed E-state index contributed by atoms with van der Waals surface area (Å²) in [7, 11) is 1.98. The molecule has 1 aromatic rings. The number of hydrogen-bond acceptors (Lipinski definition) is 2. The third kappa shape index (κ3) is 2.07. The van der Waals surface area contributed by atoms with Crippen LogP contribution in [0.15, 0.2) is 24.3 Å². The predicted molar refractivity (Wildman–Crippen MR) is 57.5 cm³/mol. The van der Waals surface area contributed by atoms with Gasteiger partial charge in [0.15, 0.2) is 0 Å². The Morgan fingerprint density at radius 3 is 2.86 bits per heavy atom. The molecule has 1 aliphatic rings. The van der Waals surface area contributed by atoms with Gasteiger partial charge in [-0.3, -0.25) is 0 Å². The molecule has 2 heteroatoms. The first-order valence-corrected chi connectivity index (χ1v) is 5.25. The second kappa shape index (κ2) is 4.01. The molecule has 0 saturated heterocycles. The predicted octanol–water partition coefficient (Wildman–Crippen LogP) is 2.11. The van der Waals surface area contributed by atoms with E-state index in [2.05, 4.69) is 11.4 Å². The Hall–Kier alpha value is -1.02. The van der Waals surface area contributed by atoms with Crippen molar-refractivity contribution in [2.24, 2.45) is 5.92 Å². The highest BCUT2D eigenvalue weighted by Crippen LogP contribution is 2.42. The van der Waals surface area contributed by atoms with Gasteiger partial charge in [0.1, 0.15) is 5.75 Å². The Kier molecular flexibility index (Phi) is 2.73. The molecule has 76 valence electrons. The molecule has 0 heterocycles. The van der Waals surface area contributed by atoms with Crippen LogP contribution in [0.5, 0.6) is 5.75 Å². The molecule has 0 aliphatic heterocycles. The molecule has 2 N–H and O–H groups in total. The summed E-state index contributed by atoms with van der Waals surface area (Å²) in [5, 5.41) is 12.6. The van der Waals surface area contributed by atoms with Crippen LogP contribution in [0.4, 0.5) is 0 Å². The molecule has 14 heavy (non-hydrogen) atoms. The van der Waals surface area contributed by atoms with Crippen LogP contribution >= 0.6 is 0 Å². The first kappa shape index (κ1) is 9.53. The van der Waals surface area contributed by atoms with E-state index in [1.54, 1.807) is 6.07 Å². The fourth-order valence-electron chi connectivity index (χ4n) is 2.03. The second-order valence-electron chi connectivity index (χ2n) is 4.10. The van der Waals surface area contributed by atoms with Gasteiger partial charge in [-0.25, -0.2) is 0 Å². The standard InChI is InChI=1S/C12H17NO/c1-13-8-12(9-5-6-9)10-3-2-4-11(14)7-10/h2-4,7,9,12-14H,5-6,8H2,1H3. The summed E-state index contributed by atoms with van der Waals surface area (Å²) >= 11 is 0. The van der Waals surface area contributed by atoms with Crippen molar-refractivity contribution in [3.63, 3.8) is 0 Å². The van der Waals surface area contributed by atoms with E-state index in [1.165, 1.54) is 18.4 Å². The summed E-state index contributed by atoms with van der Waals surface area (Å²) in [6, 6.07) is 7.66. The quantitative estimate of drug-likeness (QED) is 0.764. The highest BCUT2D eigenvalue weighted by Gasteiger charge is 2.31. The lowest BCUT2D eigenvalue weighted by Gasteiger charge is -2.16. The average Bonchev–Trinajstić information content (AvgIpc) is 2.97. The van der Waals surface area contributed by atoms with Gasteiger partial charge in [0.05, 0.1) is 0 Å². The van der Waals surface area contributed by atoms with Crippen molar-refractivity contribution in [3.8, 4) is 5.75 Å². The lowest BCUT2D eigenvalue weighted by Crippen LogP contribution is -2.18. The van der Waals surface area contributed by atoms with Gasteiger partial charge in [-0.2, -0.15) is 0 Å². The number of phenols is 1. The Morgan fingerprint density at radius 2 is 2.29 bits per heavy atom. The van der Waals surface area contributed by atoms with Crippen molar-refractivity contribution >= 4 is 0 Å². The van der Waals surface area contributed by atoms with Crippen LogP contribution in [0.3, 0.4) is 0 Å². The molecule has 0 radical (unpaired) electrons. The maximum Gasteiger partial charge on any atom is 0.115 e. The summed E-state index contributed by atoms with van der Waals surface area (Å²) < 4.78 is 0. The third-order valence-electron chi connectivity index (χ3n) is 2.91. The molecule has 1 unspecified atom stereocenters. The maximum atomic E-state index is 9.41. The van der Waals surface area contributed by atoms with Crippen LogP contribution in [0.2, 0.25) is 0 Å². The summed E-state index contributed by atoms with van der Waals surface area (Å²) in [4.78, 5) is 0. The van der Waals surface area contributed by atoms with E-state index in [0.29, 0.717) is 11.7 Å². The smallest absolute Gasteiger partial charge is 0.115 e. The molecule has 1 atom stereocenters. The Labute approximate surface area is 85.0 Å². The monoisotopic (exact) mass is 191 g/mol. The van der Waals surface area contributed by atoms with Gasteiger partial charge in [0.25, 0.3) is 0 Å². The van der Waals surface area contributed by atoms with Crippen LogP contribution < -0.4 is 5.32 Å². The van der Waals surface area contributed by atoms with Crippen LogP contribution in [0, 0.1) is 5.92 Å². The molecule has 0 amide bonds. The van der Waals surface area contributed by atoms with Crippen LogP contribution in [-0.4, -0.2) is 18.7 Å². The number of likely N-dealkylation sites (N-methyl/N-ethyl adjacent to an activating group) is 1. The Morgan fingerprint density at radius 1 is 1.50 bits per heavy atom. The Bertz CT molecular complexity index is 307. The highest BCUT2D eigenvalue weighted by atomic mass is 16.3. The third-order valence-corrected chi connectivity index (χ3v) is 2.91. The lowest BCUT2D eigenvalue weighted by molar-refractivity contribution is 0.472. The van der Waals surface area contributed by atoms with Gasteiger partial charge < -0.3 is 10.4 Å². The van der Waals surface area contributed by atoms with Gasteiger partial charge in [-0.15, -0.1) is 0 Å². The van der Waals surface area contributed by atoms with Crippen LogP contribution in [0.1, 0.15) is 24.3 Å². The van der Waals surface area contributed by atoms with Gasteiger partial charge in [-0.1, -0.05) is 12.1 Å². The molecule has 1 saturated carbocycles. The van der Waals surface area contributed by atoms with Gasteiger partial charge in [0.2, 0.25) is 0 Å². The van der Waals surface area contributed by atoms with Gasteiger partial charge in [0, 0.05) is 6.54 Å². The zero-order valence-electron chi connectivity index (χ0n) is 8.53. The number of nitrogens with one attached hydrogen (secondary N) is 1. The number of benzene rings is 1. The van der Waals surface area contributed by atoms with E-state index in [9.17, 15) is 5.11 Å². The first-order valence-electron chi connectivity index (χ1n) is 5.25. The molecule has 2 rings (SSSR count). The van der Waals surface area contributed by atoms with Crippen molar-refractivity contribution < 1.29 is 5.11 Å². The molecule has 0 aromatic heterocycles. The summed E-state index contributed by atoms with van der Waals surface area (Å²) in [6.07, 6.45) is 2.67. The van der Waals surface area contributed by atoms with E-state index < -0.39 is 0 Å². The van der Waals surface area contributed by atoms with Crippen LogP contribution in [0.25, 0.3) is 0 Å². The van der Waals surface area contributed by atoms with Crippen LogP contribution in [-0.2, 0) is 0 Å². The van der Waals surface area contributed by atoms with Crippen molar-refractivity contribution in [3.05, 3.63) is 29.8 Å². The molecule has 1 fully saturated rings. The zero-order chi connectivity index (χ0) is 9.97. The minimum atomic E-state index is 0.379. The van der Waals surface area contributed by atoms with Crippen molar-refractivity contribution in [1.82, 2.24) is 5.32 Å². The van der Waals surface area contributed by atoms with Gasteiger partial charge >= 0.3 is 0 Å². The number of hydrogen-bond donors (Lipinski definition) is 2. The SMILES string of the molecule is CNCC(c1cccc(O)c1)C1CC1. The normalized spacial score (nSPS) is 18.1. The lowest BCUT2D eigenvalue weighted by atomic mass is 9.94. The van der Waals surface area contributed by atoms with Crippen molar-refractivity contribution in [1.29, 1.82) is 0 Å². The fourth-order valence-corrected chi connectivity index (χ4v) is 2.03. The van der Waals surface area contributed by atoms with Crippen molar-refractivity contribution in [2.75, 3.05) is 13.6 Å². The highest BCUT2D eigenvalue weighted by molar-refractivity contribution is 5.31.